The van der Waals surface area contributed by atoms with Gasteiger partial charge < -0.3 is 10.0 Å². The molecule has 1 amide bonds. The highest BCUT2D eigenvalue weighted by Crippen LogP contribution is 1.89. The lowest BCUT2D eigenvalue weighted by Gasteiger charge is -2.14. The molecule has 64 valence electrons. The van der Waals surface area contributed by atoms with Gasteiger partial charge in [0, 0.05) is 0 Å². The predicted molar refractivity (Wildman–Crippen MR) is 43.2 cm³/mol. The van der Waals surface area contributed by atoms with Crippen LogP contribution < -0.4 is 0 Å². The molecule has 0 aliphatic rings. The number of carbonyl (C=O) groups is 2. The molecule has 0 aliphatic carbocycles. The quantitative estimate of drug-likeness (QED) is 0.462. The molecule has 4 nitrogen and oxygen atoms in total. The van der Waals surface area contributed by atoms with Crippen molar-refractivity contribution in [3.63, 3.8) is 0 Å². The summed E-state index contributed by atoms with van der Waals surface area (Å²) < 4.78 is 0. The fourth-order valence-electron chi connectivity index (χ4n) is 0.614. The summed E-state index contributed by atoms with van der Waals surface area (Å²) in [4.78, 5) is 22.1. The Kier molecular flexibility index (Phi) is 4.24. The van der Waals surface area contributed by atoms with E-state index in [1.807, 2.05) is 0 Å². The molecule has 0 spiro atoms. The van der Waals surface area contributed by atoms with Crippen molar-refractivity contribution < 1.29 is 14.7 Å². The summed E-state index contributed by atoms with van der Waals surface area (Å²) >= 11 is 0. The van der Waals surface area contributed by atoms with Crippen LogP contribution in [0.3, 0.4) is 0 Å². The largest absolute Gasteiger partial charge is 0.480 e. The number of carboxylic acid groups (broad SMARTS) is 1. The van der Waals surface area contributed by atoms with Gasteiger partial charge in [-0.2, -0.15) is 0 Å². The Balaban J connectivity index is 4.23. The van der Waals surface area contributed by atoms with E-state index in [0.717, 1.165) is 11.0 Å². The number of nitrogens with zero attached hydrogens (tertiary/aromatic N) is 1. The summed E-state index contributed by atoms with van der Waals surface area (Å²) in [5.41, 5.74) is 0. The van der Waals surface area contributed by atoms with Crippen molar-refractivity contribution in [1.82, 2.24) is 4.90 Å². The Morgan fingerprint density at radius 3 is 2.58 bits per heavy atom. The normalized spacial score (nSPS) is 8.25. The first-order chi connectivity index (χ1) is 5.61. The maximum Gasteiger partial charge on any atom is 0.323 e. The van der Waals surface area contributed by atoms with Gasteiger partial charge in [-0.15, -0.1) is 6.42 Å². The second kappa shape index (κ2) is 4.97. The number of aliphatic carboxylic acids is 1. The summed E-state index contributed by atoms with van der Waals surface area (Å²) in [6.45, 7) is 2.81. The van der Waals surface area contributed by atoms with Crippen LogP contribution in [-0.2, 0) is 9.59 Å². The monoisotopic (exact) mass is 167 g/mol. The molecule has 0 saturated carbocycles. The number of hydrogen-bond donors (Lipinski definition) is 1. The standard InChI is InChI=1S/C8H9NO3/c1-3-5-9(6-8(11)12)7(10)4-2/h1,4H,2,5-6H2,(H,11,12). The van der Waals surface area contributed by atoms with Crippen molar-refractivity contribution in [1.29, 1.82) is 0 Å². The molecule has 0 bridgehead atoms. The van der Waals surface area contributed by atoms with Crippen molar-refractivity contribution in [3.8, 4) is 12.3 Å². The van der Waals surface area contributed by atoms with Gasteiger partial charge in [-0.3, -0.25) is 9.59 Å². The fourth-order valence-corrected chi connectivity index (χ4v) is 0.614. The van der Waals surface area contributed by atoms with Crippen LogP contribution in [0.2, 0.25) is 0 Å². The van der Waals surface area contributed by atoms with Gasteiger partial charge in [-0.05, 0) is 6.08 Å². The van der Waals surface area contributed by atoms with E-state index in [2.05, 4.69) is 12.5 Å². The molecule has 1 N–H and O–H groups in total. The second-order valence-electron chi connectivity index (χ2n) is 2.00. The molecule has 0 heterocycles. The van der Waals surface area contributed by atoms with Gasteiger partial charge in [0.1, 0.15) is 6.54 Å². The highest BCUT2D eigenvalue weighted by molar-refractivity contribution is 5.89. The molecule has 0 aromatic carbocycles. The van der Waals surface area contributed by atoms with Crippen LogP contribution in [0.1, 0.15) is 0 Å². The van der Waals surface area contributed by atoms with E-state index in [0.29, 0.717) is 0 Å². The predicted octanol–water partition coefficient (Wildman–Crippen LogP) is -0.281. The van der Waals surface area contributed by atoms with Gasteiger partial charge in [-0.1, -0.05) is 12.5 Å². The van der Waals surface area contributed by atoms with Crippen LogP contribution >= 0.6 is 0 Å². The molecule has 0 aromatic heterocycles. The molecule has 0 aromatic rings. The van der Waals surface area contributed by atoms with Gasteiger partial charge in [0.2, 0.25) is 5.91 Å². The van der Waals surface area contributed by atoms with E-state index in [4.69, 9.17) is 11.5 Å². The summed E-state index contributed by atoms with van der Waals surface area (Å²) in [6, 6.07) is 0. The van der Waals surface area contributed by atoms with Crippen molar-refractivity contribution in [2.45, 2.75) is 0 Å². The third-order valence-electron chi connectivity index (χ3n) is 1.09. The Hall–Kier alpha value is -1.76. The molecule has 0 fully saturated rings. The number of hydrogen-bond acceptors (Lipinski definition) is 2. The minimum Gasteiger partial charge on any atom is -0.480 e. The summed E-state index contributed by atoms with van der Waals surface area (Å²) in [5, 5.41) is 8.36. The van der Waals surface area contributed by atoms with Gasteiger partial charge in [0.05, 0.1) is 6.54 Å². The first-order valence-electron chi connectivity index (χ1n) is 3.18. The Bertz CT molecular complexity index is 239. The highest BCUT2D eigenvalue weighted by atomic mass is 16.4. The van der Waals surface area contributed by atoms with Crippen LogP contribution in [0, 0.1) is 12.3 Å². The zero-order valence-electron chi connectivity index (χ0n) is 6.49. The number of terminal acetylenes is 1. The van der Waals surface area contributed by atoms with E-state index >= 15 is 0 Å². The lowest BCUT2D eigenvalue weighted by atomic mass is 10.4. The van der Waals surface area contributed by atoms with Gasteiger partial charge in [-0.25, -0.2) is 0 Å². The smallest absolute Gasteiger partial charge is 0.323 e. The molecule has 0 atom stereocenters. The summed E-state index contributed by atoms with van der Waals surface area (Å²) in [6.07, 6.45) is 5.95. The maximum absolute atomic E-state index is 10.9. The number of amides is 1. The lowest BCUT2D eigenvalue weighted by Crippen LogP contribution is -2.34. The minimum atomic E-state index is -1.10. The average molecular weight is 167 g/mol. The van der Waals surface area contributed by atoms with Crippen molar-refractivity contribution in [3.05, 3.63) is 12.7 Å². The average Bonchev–Trinajstić information content (AvgIpc) is 2.01. The van der Waals surface area contributed by atoms with E-state index in [9.17, 15) is 9.59 Å². The van der Waals surface area contributed by atoms with Gasteiger partial charge >= 0.3 is 5.97 Å². The SMILES string of the molecule is C#CCN(CC(=O)O)C(=O)C=C. The van der Waals surface area contributed by atoms with Crippen molar-refractivity contribution in [2.75, 3.05) is 13.1 Å². The zero-order chi connectivity index (χ0) is 9.56. The Labute approximate surface area is 70.5 Å². The Morgan fingerprint density at radius 2 is 2.25 bits per heavy atom. The third-order valence-corrected chi connectivity index (χ3v) is 1.09. The molecule has 0 unspecified atom stereocenters. The van der Waals surface area contributed by atoms with Crippen LogP contribution in [0.25, 0.3) is 0 Å². The molecule has 0 rings (SSSR count). The third kappa shape index (κ3) is 3.42. The number of rotatable bonds is 4. The summed E-state index contributed by atoms with van der Waals surface area (Å²) in [7, 11) is 0. The molecule has 0 radical (unpaired) electrons. The molecule has 4 heteroatoms. The fraction of sp³-hybridized carbons (Fsp3) is 0.250. The first-order valence-corrected chi connectivity index (χ1v) is 3.18. The van der Waals surface area contributed by atoms with E-state index in [1.54, 1.807) is 0 Å². The molecule has 0 saturated heterocycles. The lowest BCUT2D eigenvalue weighted by molar-refractivity contribution is -0.142. The molecular formula is C8H9NO3. The van der Waals surface area contributed by atoms with Crippen LogP contribution in [0.4, 0.5) is 0 Å². The Morgan fingerprint density at radius 1 is 1.67 bits per heavy atom. The van der Waals surface area contributed by atoms with Crippen molar-refractivity contribution >= 4 is 11.9 Å². The van der Waals surface area contributed by atoms with Gasteiger partial charge in [0.15, 0.2) is 0 Å². The topological polar surface area (TPSA) is 57.6 Å². The summed E-state index contributed by atoms with van der Waals surface area (Å²) in [5.74, 6) is 0.609. The minimum absolute atomic E-state index is 0.0167. The first kappa shape index (κ1) is 10.2. The highest BCUT2D eigenvalue weighted by Gasteiger charge is 2.11. The van der Waals surface area contributed by atoms with Crippen LogP contribution in [-0.4, -0.2) is 35.0 Å². The van der Waals surface area contributed by atoms with Crippen molar-refractivity contribution in [2.24, 2.45) is 0 Å². The molecule has 12 heavy (non-hydrogen) atoms. The zero-order valence-corrected chi connectivity index (χ0v) is 6.49. The number of carbonyl (C=O) groups excluding carboxylic acids is 1. The van der Waals surface area contributed by atoms with Crippen LogP contribution in [0.15, 0.2) is 12.7 Å². The maximum atomic E-state index is 10.9. The van der Waals surface area contributed by atoms with E-state index < -0.39 is 18.4 Å². The van der Waals surface area contributed by atoms with E-state index in [1.165, 1.54) is 0 Å². The van der Waals surface area contributed by atoms with Gasteiger partial charge in [0.25, 0.3) is 0 Å². The molecular weight excluding hydrogens is 158 g/mol. The van der Waals surface area contributed by atoms with Crippen LogP contribution in [0.5, 0.6) is 0 Å². The second-order valence-corrected chi connectivity index (χ2v) is 2.00. The number of carboxylic acids is 1. The molecule has 0 aliphatic heterocycles. The van der Waals surface area contributed by atoms with E-state index in [-0.39, 0.29) is 6.54 Å².